The molecule has 0 aromatic carbocycles. The third kappa shape index (κ3) is 37.8. The number of hydrogen-bond donors (Lipinski definition) is 2. The minimum absolute atomic E-state index is 0. The Kier molecular flexibility index (Phi) is 44.7. The van der Waals surface area contributed by atoms with Crippen molar-refractivity contribution >= 4 is 11.9 Å². The number of aliphatic hydroxyl groups is 2. The number of aliphatic carboxylic acids is 2. The van der Waals surface area contributed by atoms with E-state index < -0.39 is 24.1 Å². The molecule has 0 aliphatic carbocycles. The van der Waals surface area contributed by atoms with Gasteiger partial charge in [-0.15, -0.1) is 0 Å². The molecule has 0 aliphatic heterocycles. The third-order valence-corrected chi connectivity index (χ3v) is 0.682. The van der Waals surface area contributed by atoms with Gasteiger partial charge in [0.2, 0.25) is 0 Å². The standard InChI is InChI=1S/2C3H6O3.Fe.3H2O/c2*1-2(4)3(5)6;;;;/h2*2,4H,1H3,(H,5,6);;3*1H2/q;;+2;;;/p-2. The van der Waals surface area contributed by atoms with Crippen LogP contribution < -0.4 is 10.2 Å². The Hall–Kier alpha value is -0.741. The second-order valence-corrected chi connectivity index (χ2v) is 1.99. The van der Waals surface area contributed by atoms with E-state index in [4.69, 9.17) is 10.2 Å². The number of hydrogen-bond acceptors (Lipinski definition) is 6. The maximum Gasteiger partial charge on any atom is 2.00 e. The van der Waals surface area contributed by atoms with Crippen LogP contribution in [0, 0.1) is 0 Å². The van der Waals surface area contributed by atoms with Crippen molar-refractivity contribution in [2.75, 3.05) is 0 Å². The van der Waals surface area contributed by atoms with Crippen LogP contribution in [0.25, 0.3) is 0 Å². The van der Waals surface area contributed by atoms with E-state index in [0.717, 1.165) is 13.8 Å². The third-order valence-electron chi connectivity index (χ3n) is 0.682. The summed E-state index contributed by atoms with van der Waals surface area (Å²) in [5.74, 6) is -2.87. The Morgan fingerprint density at radius 1 is 0.875 bits per heavy atom. The molecule has 0 saturated heterocycles. The smallest absolute Gasteiger partial charge is 0.547 e. The van der Waals surface area contributed by atoms with Gasteiger partial charge in [0.25, 0.3) is 0 Å². The molecule has 0 bridgehead atoms. The van der Waals surface area contributed by atoms with Gasteiger partial charge in [0.15, 0.2) is 0 Å². The molecule has 0 aromatic heterocycles. The molecular weight excluding hydrogens is 272 g/mol. The van der Waals surface area contributed by atoms with Crippen molar-refractivity contribution in [2.45, 2.75) is 26.1 Å². The van der Waals surface area contributed by atoms with Gasteiger partial charge in [0, 0.05) is 0 Å². The molecule has 0 spiro atoms. The summed E-state index contributed by atoms with van der Waals surface area (Å²) in [5.41, 5.74) is 0. The average Bonchev–Trinajstić information content (AvgIpc) is 1.88. The van der Waals surface area contributed by atoms with E-state index >= 15 is 0 Å². The quantitative estimate of drug-likeness (QED) is 0.470. The second-order valence-electron chi connectivity index (χ2n) is 1.99. The molecule has 9 nitrogen and oxygen atoms in total. The molecule has 0 amide bonds. The van der Waals surface area contributed by atoms with Crippen molar-refractivity contribution in [1.82, 2.24) is 0 Å². The monoisotopic (exact) mass is 288 g/mol. The Morgan fingerprint density at radius 2 is 0.938 bits per heavy atom. The van der Waals surface area contributed by atoms with Crippen LogP contribution in [0.4, 0.5) is 0 Å². The molecule has 0 heterocycles. The molecule has 0 saturated carbocycles. The molecule has 10 heteroatoms. The fraction of sp³-hybridized carbons (Fsp3) is 0.667. The van der Waals surface area contributed by atoms with Crippen molar-refractivity contribution in [3.63, 3.8) is 0 Å². The van der Waals surface area contributed by atoms with E-state index in [0.29, 0.717) is 0 Å². The number of carbonyl (C=O) groups excluding carboxylic acids is 2. The second kappa shape index (κ2) is 19.8. The van der Waals surface area contributed by atoms with Gasteiger partial charge in [-0.1, -0.05) is 0 Å². The Balaban J connectivity index is -0.0000000250. The molecule has 2 atom stereocenters. The minimum atomic E-state index is -1.44. The van der Waals surface area contributed by atoms with E-state index in [1.54, 1.807) is 0 Å². The predicted octanol–water partition coefficient (Wildman–Crippen LogP) is -6.24. The molecule has 102 valence electrons. The Morgan fingerprint density at radius 3 is 0.938 bits per heavy atom. The van der Waals surface area contributed by atoms with Crippen LogP contribution in [-0.4, -0.2) is 50.8 Å². The van der Waals surface area contributed by atoms with Crippen molar-refractivity contribution in [2.24, 2.45) is 0 Å². The largest absolute Gasteiger partial charge is 2.00 e. The molecule has 16 heavy (non-hydrogen) atoms. The zero-order chi connectivity index (χ0) is 10.3. The van der Waals surface area contributed by atoms with E-state index in [-0.39, 0.29) is 33.5 Å². The van der Waals surface area contributed by atoms with Crippen LogP contribution >= 0.6 is 0 Å². The van der Waals surface area contributed by atoms with Gasteiger partial charge >= 0.3 is 17.1 Å². The summed E-state index contributed by atoms with van der Waals surface area (Å²) in [6, 6.07) is 0. The van der Waals surface area contributed by atoms with E-state index in [2.05, 4.69) is 0 Å². The van der Waals surface area contributed by atoms with Gasteiger partial charge < -0.3 is 46.4 Å². The van der Waals surface area contributed by atoms with Gasteiger partial charge in [-0.05, 0) is 13.8 Å². The summed E-state index contributed by atoms with van der Waals surface area (Å²) >= 11 is 0. The zero-order valence-corrected chi connectivity index (χ0v) is 9.64. The summed E-state index contributed by atoms with van der Waals surface area (Å²) in [7, 11) is 0. The fourth-order valence-electron chi connectivity index (χ4n) is 0. The first-order chi connectivity index (χ1) is 5.29. The molecule has 2 unspecified atom stereocenters. The molecule has 0 rings (SSSR count). The summed E-state index contributed by atoms with van der Waals surface area (Å²) in [6.07, 6.45) is -2.69. The topological polar surface area (TPSA) is 215 Å². The normalized spacial score (nSPS) is 10.2. The van der Waals surface area contributed by atoms with E-state index in [9.17, 15) is 19.8 Å². The van der Waals surface area contributed by atoms with Crippen LogP contribution in [0.5, 0.6) is 0 Å². The predicted molar refractivity (Wildman–Crippen MR) is 44.2 cm³/mol. The maximum atomic E-state index is 9.34. The van der Waals surface area contributed by atoms with Gasteiger partial charge in [0.1, 0.15) is 0 Å². The molecule has 0 aromatic rings. The Labute approximate surface area is 102 Å². The maximum absolute atomic E-state index is 9.34. The summed E-state index contributed by atoms with van der Waals surface area (Å²) in [5, 5.41) is 34.6. The zero-order valence-electron chi connectivity index (χ0n) is 8.54. The molecule has 0 radical (unpaired) electrons. The van der Waals surface area contributed by atoms with Gasteiger partial charge in [-0.3, -0.25) is 0 Å². The first-order valence-electron chi connectivity index (χ1n) is 3.06. The van der Waals surface area contributed by atoms with Gasteiger partial charge in [0.05, 0.1) is 24.1 Å². The average molecular weight is 288 g/mol. The minimum Gasteiger partial charge on any atom is -0.547 e. The van der Waals surface area contributed by atoms with E-state index in [1.165, 1.54) is 0 Å². The van der Waals surface area contributed by atoms with Gasteiger partial charge in [-0.2, -0.15) is 0 Å². The van der Waals surface area contributed by atoms with Crippen LogP contribution in [0.2, 0.25) is 0 Å². The van der Waals surface area contributed by atoms with Crippen LogP contribution in [0.15, 0.2) is 0 Å². The van der Waals surface area contributed by atoms with Crippen molar-refractivity contribution in [1.29, 1.82) is 0 Å². The number of rotatable bonds is 2. The molecule has 8 N–H and O–H groups in total. The molecule has 0 aliphatic rings. The first-order valence-corrected chi connectivity index (χ1v) is 3.06. The number of carboxylic acid groups (broad SMARTS) is 2. The van der Waals surface area contributed by atoms with Crippen molar-refractivity contribution < 1.29 is 63.5 Å². The number of carbonyl (C=O) groups is 2. The summed E-state index contributed by atoms with van der Waals surface area (Å²) in [4.78, 5) is 18.7. The van der Waals surface area contributed by atoms with Gasteiger partial charge in [-0.25, -0.2) is 0 Å². The Bertz CT molecular complexity index is 140. The number of aliphatic hydroxyl groups excluding tert-OH is 2. The van der Waals surface area contributed by atoms with E-state index in [1.807, 2.05) is 0 Å². The van der Waals surface area contributed by atoms with Crippen molar-refractivity contribution in [3.05, 3.63) is 0 Å². The van der Waals surface area contributed by atoms with Crippen LogP contribution in [-0.2, 0) is 26.7 Å². The summed E-state index contributed by atoms with van der Waals surface area (Å²) < 4.78 is 0. The summed E-state index contributed by atoms with van der Waals surface area (Å²) in [6.45, 7) is 2.27. The molecular formula is C6H16FeO9. The van der Waals surface area contributed by atoms with Crippen molar-refractivity contribution in [3.8, 4) is 0 Å². The number of carboxylic acids is 2. The fourth-order valence-corrected chi connectivity index (χ4v) is 0. The van der Waals surface area contributed by atoms with Crippen LogP contribution in [0.3, 0.4) is 0 Å². The molecule has 0 fully saturated rings. The first kappa shape index (κ1) is 36.2. The SMILES string of the molecule is CC(O)C(=O)[O-].CC(O)C(=O)[O-].O.O.O.[Fe+2]. The van der Waals surface area contributed by atoms with Crippen LogP contribution in [0.1, 0.15) is 13.8 Å².